The Morgan fingerprint density at radius 1 is 1.53 bits per heavy atom. The standard InChI is InChI=1S/C11H9BrClFN2O/c1-2-3-16-10(17)7-4-6(12)5-8(14)9(7)15-11(16)13/h4-5H,2-3H2,1H3. The molecule has 1 aromatic heterocycles. The highest BCUT2D eigenvalue weighted by Crippen LogP contribution is 2.21. The molecular formula is C11H9BrClFN2O. The zero-order valence-corrected chi connectivity index (χ0v) is 11.3. The van der Waals surface area contributed by atoms with Gasteiger partial charge in [-0.15, -0.1) is 0 Å². The molecule has 3 nitrogen and oxygen atoms in total. The normalized spacial score (nSPS) is 11.1. The summed E-state index contributed by atoms with van der Waals surface area (Å²) < 4.78 is 15.5. The average molecular weight is 320 g/mol. The van der Waals surface area contributed by atoms with Gasteiger partial charge >= 0.3 is 0 Å². The lowest BCUT2D eigenvalue weighted by Gasteiger charge is -2.08. The van der Waals surface area contributed by atoms with E-state index < -0.39 is 5.82 Å². The molecule has 17 heavy (non-hydrogen) atoms. The first kappa shape index (κ1) is 12.5. The van der Waals surface area contributed by atoms with E-state index in [-0.39, 0.29) is 21.7 Å². The first-order valence-corrected chi connectivity index (χ1v) is 6.26. The summed E-state index contributed by atoms with van der Waals surface area (Å²) in [5.74, 6) is -0.558. The number of aromatic nitrogens is 2. The van der Waals surface area contributed by atoms with Gasteiger partial charge in [0.05, 0.1) is 5.39 Å². The number of halogens is 3. The van der Waals surface area contributed by atoms with E-state index in [1.807, 2.05) is 6.92 Å². The minimum atomic E-state index is -0.558. The van der Waals surface area contributed by atoms with Gasteiger partial charge in [0, 0.05) is 11.0 Å². The lowest BCUT2D eigenvalue weighted by atomic mass is 10.2. The number of hydrogen-bond donors (Lipinski definition) is 0. The van der Waals surface area contributed by atoms with Crippen LogP contribution in [-0.2, 0) is 6.54 Å². The third-order valence-corrected chi connectivity index (χ3v) is 3.12. The molecule has 0 atom stereocenters. The van der Waals surface area contributed by atoms with Gasteiger partial charge < -0.3 is 0 Å². The molecule has 0 bridgehead atoms. The molecule has 0 radical (unpaired) electrons. The summed E-state index contributed by atoms with van der Waals surface area (Å²) in [5.41, 5.74) is -0.308. The van der Waals surface area contributed by atoms with Crippen LogP contribution in [0.3, 0.4) is 0 Å². The van der Waals surface area contributed by atoms with E-state index in [9.17, 15) is 9.18 Å². The summed E-state index contributed by atoms with van der Waals surface area (Å²) in [5, 5.41) is 0.250. The van der Waals surface area contributed by atoms with E-state index in [1.165, 1.54) is 10.6 Å². The Bertz CT molecular complexity index is 641. The Morgan fingerprint density at radius 3 is 2.88 bits per heavy atom. The molecule has 2 rings (SSSR count). The second-order valence-electron chi connectivity index (χ2n) is 3.62. The van der Waals surface area contributed by atoms with Gasteiger partial charge in [-0.1, -0.05) is 22.9 Å². The Kier molecular flexibility index (Phi) is 3.49. The molecule has 2 aromatic rings. The summed E-state index contributed by atoms with van der Waals surface area (Å²) in [6.45, 7) is 2.39. The zero-order chi connectivity index (χ0) is 12.6. The fourth-order valence-corrected chi connectivity index (χ4v) is 2.32. The maximum absolute atomic E-state index is 13.6. The van der Waals surface area contributed by atoms with Gasteiger partial charge in [-0.2, -0.15) is 0 Å². The predicted octanol–water partition coefficient (Wildman–Crippen LogP) is 3.36. The van der Waals surface area contributed by atoms with Crippen molar-refractivity contribution in [2.24, 2.45) is 0 Å². The van der Waals surface area contributed by atoms with Crippen LogP contribution in [0.5, 0.6) is 0 Å². The van der Waals surface area contributed by atoms with E-state index in [0.29, 0.717) is 11.0 Å². The average Bonchev–Trinajstić information content (AvgIpc) is 2.26. The SMILES string of the molecule is CCCn1c(Cl)nc2c(F)cc(Br)cc2c1=O. The quantitative estimate of drug-likeness (QED) is 0.796. The zero-order valence-electron chi connectivity index (χ0n) is 9.01. The van der Waals surface area contributed by atoms with Gasteiger partial charge in [-0.25, -0.2) is 9.37 Å². The Balaban J connectivity index is 2.87. The van der Waals surface area contributed by atoms with E-state index in [2.05, 4.69) is 20.9 Å². The van der Waals surface area contributed by atoms with E-state index >= 15 is 0 Å². The molecule has 0 aliphatic rings. The molecule has 0 unspecified atom stereocenters. The van der Waals surface area contributed by atoms with Crippen LogP contribution in [0.25, 0.3) is 10.9 Å². The van der Waals surface area contributed by atoms with Crippen LogP contribution in [0.2, 0.25) is 5.28 Å². The van der Waals surface area contributed by atoms with Crippen LogP contribution < -0.4 is 5.56 Å². The van der Waals surface area contributed by atoms with Gasteiger partial charge in [0.15, 0.2) is 5.82 Å². The largest absolute Gasteiger partial charge is 0.283 e. The van der Waals surface area contributed by atoms with Gasteiger partial charge in [0.2, 0.25) is 5.28 Å². The molecule has 0 aliphatic carbocycles. The van der Waals surface area contributed by atoms with Crippen molar-refractivity contribution < 1.29 is 4.39 Å². The smallest absolute Gasteiger partial charge is 0.262 e. The number of rotatable bonds is 2. The third kappa shape index (κ3) is 2.21. The Morgan fingerprint density at radius 2 is 2.24 bits per heavy atom. The molecule has 1 aromatic carbocycles. The van der Waals surface area contributed by atoms with Gasteiger partial charge in [-0.05, 0) is 30.2 Å². The lowest BCUT2D eigenvalue weighted by molar-refractivity contribution is 0.625. The number of hydrogen-bond acceptors (Lipinski definition) is 2. The fourth-order valence-electron chi connectivity index (χ4n) is 1.64. The van der Waals surface area contributed by atoms with Crippen LogP contribution in [0.4, 0.5) is 4.39 Å². The predicted molar refractivity (Wildman–Crippen MR) is 69.0 cm³/mol. The highest BCUT2D eigenvalue weighted by atomic mass is 79.9. The maximum atomic E-state index is 13.6. The molecule has 0 N–H and O–H groups in total. The number of nitrogens with zero attached hydrogens (tertiary/aromatic N) is 2. The van der Waals surface area contributed by atoms with Crippen molar-refractivity contribution in [1.29, 1.82) is 0 Å². The highest BCUT2D eigenvalue weighted by Gasteiger charge is 2.12. The minimum Gasteiger partial charge on any atom is -0.283 e. The molecule has 90 valence electrons. The molecule has 1 heterocycles. The van der Waals surface area contributed by atoms with Crippen LogP contribution in [0, 0.1) is 5.82 Å². The van der Waals surface area contributed by atoms with Crippen LogP contribution in [-0.4, -0.2) is 9.55 Å². The summed E-state index contributed by atoms with van der Waals surface area (Å²) in [6.07, 6.45) is 0.753. The monoisotopic (exact) mass is 318 g/mol. The molecule has 0 spiro atoms. The third-order valence-electron chi connectivity index (χ3n) is 2.38. The fraction of sp³-hybridized carbons (Fsp3) is 0.273. The first-order chi connectivity index (χ1) is 8.04. The number of benzene rings is 1. The van der Waals surface area contributed by atoms with Crippen molar-refractivity contribution in [2.45, 2.75) is 19.9 Å². The van der Waals surface area contributed by atoms with Crippen molar-refractivity contribution in [3.8, 4) is 0 Å². The molecule has 0 aliphatic heterocycles. The van der Waals surface area contributed by atoms with Crippen LogP contribution in [0.1, 0.15) is 13.3 Å². The minimum absolute atomic E-state index is 0.00977. The topological polar surface area (TPSA) is 34.9 Å². The highest BCUT2D eigenvalue weighted by molar-refractivity contribution is 9.10. The Labute approximate surface area is 110 Å². The van der Waals surface area contributed by atoms with Crippen molar-refractivity contribution >= 4 is 38.4 Å². The van der Waals surface area contributed by atoms with E-state index in [4.69, 9.17) is 11.6 Å². The molecule has 0 saturated carbocycles. The van der Waals surface area contributed by atoms with Crippen molar-refractivity contribution in [2.75, 3.05) is 0 Å². The lowest BCUT2D eigenvalue weighted by Crippen LogP contribution is -2.22. The van der Waals surface area contributed by atoms with Gasteiger partial charge in [0.1, 0.15) is 5.52 Å². The summed E-state index contributed by atoms with van der Waals surface area (Å²) in [6, 6.07) is 2.81. The van der Waals surface area contributed by atoms with Crippen molar-refractivity contribution in [3.05, 3.63) is 38.1 Å². The van der Waals surface area contributed by atoms with Gasteiger partial charge in [-0.3, -0.25) is 9.36 Å². The first-order valence-electron chi connectivity index (χ1n) is 5.09. The second-order valence-corrected chi connectivity index (χ2v) is 4.88. The van der Waals surface area contributed by atoms with Crippen molar-refractivity contribution in [3.63, 3.8) is 0 Å². The Hall–Kier alpha value is -0.940. The summed E-state index contributed by atoms with van der Waals surface area (Å²) in [4.78, 5) is 16.0. The van der Waals surface area contributed by atoms with E-state index in [1.54, 1.807) is 6.07 Å². The maximum Gasteiger partial charge on any atom is 0.262 e. The molecular weight excluding hydrogens is 310 g/mol. The van der Waals surface area contributed by atoms with Crippen LogP contribution in [0.15, 0.2) is 21.4 Å². The molecule has 0 amide bonds. The molecule has 0 saturated heterocycles. The van der Waals surface area contributed by atoms with Gasteiger partial charge in [0.25, 0.3) is 5.56 Å². The molecule has 6 heteroatoms. The summed E-state index contributed by atoms with van der Waals surface area (Å²) >= 11 is 9.02. The molecule has 0 fully saturated rings. The summed E-state index contributed by atoms with van der Waals surface area (Å²) in [7, 11) is 0. The van der Waals surface area contributed by atoms with Crippen LogP contribution >= 0.6 is 27.5 Å². The van der Waals surface area contributed by atoms with E-state index in [0.717, 1.165) is 6.42 Å². The number of fused-ring (bicyclic) bond motifs is 1. The van der Waals surface area contributed by atoms with Crippen molar-refractivity contribution in [1.82, 2.24) is 9.55 Å². The second kappa shape index (κ2) is 4.74.